The van der Waals surface area contributed by atoms with E-state index in [0.717, 1.165) is 31.0 Å². The minimum absolute atomic E-state index is 0.589. The summed E-state index contributed by atoms with van der Waals surface area (Å²) in [7, 11) is 0. The third-order valence-corrected chi connectivity index (χ3v) is 3.59. The lowest BCUT2D eigenvalue weighted by Crippen LogP contribution is -2.23. The number of aromatic nitrogens is 3. The minimum atomic E-state index is 0.589. The first-order valence-corrected chi connectivity index (χ1v) is 7.36. The van der Waals surface area contributed by atoms with Crippen LogP contribution in [-0.2, 0) is 13.0 Å². The molecule has 1 atom stereocenters. The Morgan fingerprint density at radius 1 is 1.05 bits per heavy atom. The molecule has 21 heavy (non-hydrogen) atoms. The van der Waals surface area contributed by atoms with E-state index < -0.39 is 0 Å². The van der Waals surface area contributed by atoms with Gasteiger partial charge in [-0.15, -0.1) is 10.2 Å². The Hall–Kier alpha value is -2.20. The molecule has 2 aromatic heterocycles. The van der Waals surface area contributed by atoms with E-state index in [9.17, 15) is 0 Å². The van der Waals surface area contributed by atoms with Gasteiger partial charge in [-0.2, -0.15) is 0 Å². The molecule has 0 aliphatic heterocycles. The predicted molar refractivity (Wildman–Crippen MR) is 84.0 cm³/mol. The number of rotatable bonds is 6. The van der Waals surface area contributed by atoms with E-state index in [0.29, 0.717) is 5.92 Å². The Balaban J connectivity index is 1.52. The van der Waals surface area contributed by atoms with Crippen molar-refractivity contribution in [1.82, 2.24) is 19.9 Å². The smallest absolute Gasteiger partial charge is 0.160 e. The molecular formula is C17H20N4. The van der Waals surface area contributed by atoms with Gasteiger partial charge in [-0.05, 0) is 36.6 Å². The van der Waals surface area contributed by atoms with E-state index in [1.165, 1.54) is 5.56 Å². The summed E-state index contributed by atoms with van der Waals surface area (Å²) in [5.41, 5.74) is 2.28. The van der Waals surface area contributed by atoms with Gasteiger partial charge in [0, 0.05) is 6.20 Å². The third-order valence-electron chi connectivity index (χ3n) is 3.59. The molecule has 0 fully saturated rings. The molecule has 0 aliphatic carbocycles. The van der Waals surface area contributed by atoms with Crippen molar-refractivity contribution in [3.05, 3.63) is 66.1 Å². The Labute approximate surface area is 124 Å². The van der Waals surface area contributed by atoms with E-state index in [-0.39, 0.29) is 0 Å². The van der Waals surface area contributed by atoms with Gasteiger partial charge in [-0.1, -0.05) is 43.3 Å². The lowest BCUT2D eigenvalue weighted by atomic mass is 10.0. The molecule has 4 heteroatoms. The first-order chi connectivity index (χ1) is 10.3. The van der Waals surface area contributed by atoms with E-state index >= 15 is 0 Å². The summed E-state index contributed by atoms with van der Waals surface area (Å²) in [6.45, 7) is 3.98. The van der Waals surface area contributed by atoms with Crippen LogP contribution in [0.1, 0.15) is 18.3 Å². The van der Waals surface area contributed by atoms with Crippen LogP contribution in [-0.4, -0.2) is 21.1 Å². The molecule has 3 rings (SSSR count). The van der Waals surface area contributed by atoms with E-state index in [2.05, 4.69) is 52.8 Å². The molecule has 4 nitrogen and oxygen atoms in total. The van der Waals surface area contributed by atoms with Gasteiger partial charge < -0.3 is 5.32 Å². The highest BCUT2D eigenvalue weighted by atomic mass is 15.3. The van der Waals surface area contributed by atoms with Crippen molar-refractivity contribution in [3.63, 3.8) is 0 Å². The Morgan fingerprint density at radius 3 is 2.71 bits per heavy atom. The van der Waals surface area contributed by atoms with Crippen LogP contribution in [0.3, 0.4) is 0 Å². The zero-order valence-corrected chi connectivity index (χ0v) is 12.2. The number of pyridine rings is 1. The summed E-state index contributed by atoms with van der Waals surface area (Å²) in [6, 6.07) is 16.6. The van der Waals surface area contributed by atoms with Gasteiger partial charge in [0.2, 0.25) is 0 Å². The van der Waals surface area contributed by atoms with Gasteiger partial charge >= 0.3 is 0 Å². The molecule has 0 aliphatic rings. The fourth-order valence-corrected chi connectivity index (χ4v) is 2.53. The molecular weight excluding hydrogens is 260 g/mol. The van der Waals surface area contributed by atoms with E-state index in [1.807, 2.05) is 28.8 Å². The van der Waals surface area contributed by atoms with Gasteiger partial charge in [-0.3, -0.25) is 4.40 Å². The largest absolute Gasteiger partial charge is 0.310 e. The average molecular weight is 280 g/mol. The van der Waals surface area contributed by atoms with Gasteiger partial charge in [0.1, 0.15) is 0 Å². The molecule has 1 N–H and O–H groups in total. The molecule has 1 unspecified atom stereocenters. The summed E-state index contributed by atoms with van der Waals surface area (Å²) >= 11 is 0. The van der Waals surface area contributed by atoms with E-state index in [4.69, 9.17) is 0 Å². The van der Waals surface area contributed by atoms with Gasteiger partial charge in [0.05, 0.1) is 6.54 Å². The number of fused-ring (bicyclic) bond motifs is 1. The zero-order chi connectivity index (χ0) is 14.5. The molecule has 1 aromatic carbocycles. The first kappa shape index (κ1) is 13.8. The molecule has 0 spiro atoms. The maximum Gasteiger partial charge on any atom is 0.160 e. The minimum Gasteiger partial charge on any atom is -0.310 e. The van der Waals surface area contributed by atoms with Gasteiger partial charge in [-0.25, -0.2) is 0 Å². The second-order valence-electron chi connectivity index (χ2n) is 5.47. The SMILES string of the molecule is CC(CNCc1nnc2ccccn12)Cc1ccccc1. The van der Waals surface area contributed by atoms with Crippen LogP contribution in [0.15, 0.2) is 54.7 Å². The maximum absolute atomic E-state index is 4.23. The average Bonchev–Trinajstić information content (AvgIpc) is 2.92. The highest BCUT2D eigenvalue weighted by molar-refractivity contribution is 5.36. The molecule has 0 saturated heterocycles. The van der Waals surface area contributed by atoms with Crippen molar-refractivity contribution >= 4 is 5.65 Å². The van der Waals surface area contributed by atoms with Crippen molar-refractivity contribution in [2.75, 3.05) is 6.54 Å². The molecule has 108 valence electrons. The topological polar surface area (TPSA) is 42.2 Å². The second kappa shape index (κ2) is 6.50. The Kier molecular flexibility index (Phi) is 4.26. The van der Waals surface area contributed by atoms with Crippen LogP contribution in [0.2, 0.25) is 0 Å². The third kappa shape index (κ3) is 3.47. The van der Waals surface area contributed by atoms with Gasteiger partial charge in [0.25, 0.3) is 0 Å². The molecule has 0 saturated carbocycles. The Morgan fingerprint density at radius 2 is 1.86 bits per heavy atom. The summed E-state index contributed by atoms with van der Waals surface area (Å²) in [5, 5.41) is 11.9. The highest BCUT2D eigenvalue weighted by Crippen LogP contribution is 2.08. The van der Waals surface area contributed by atoms with E-state index in [1.54, 1.807) is 0 Å². The van der Waals surface area contributed by atoms with Crippen molar-refractivity contribution in [2.24, 2.45) is 5.92 Å². The van der Waals surface area contributed by atoms with Crippen LogP contribution in [0.4, 0.5) is 0 Å². The van der Waals surface area contributed by atoms with Crippen molar-refractivity contribution in [2.45, 2.75) is 19.9 Å². The Bertz CT molecular complexity index is 690. The normalized spacial score (nSPS) is 12.6. The summed E-state index contributed by atoms with van der Waals surface area (Å²) in [5.74, 6) is 1.55. The van der Waals surface area contributed by atoms with Crippen molar-refractivity contribution in [1.29, 1.82) is 0 Å². The quantitative estimate of drug-likeness (QED) is 0.755. The number of hydrogen-bond donors (Lipinski definition) is 1. The lowest BCUT2D eigenvalue weighted by Gasteiger charge is -2.12. The fraction of sp³-hybridized carbons (Fsp3) is 0.294. The number of hydrogen-bond acceptors (Lipinski definition) is 3. The van der Waals surface area contributed by atoms with Crippen LogP contribution in [0, 0.1) is 5.92 Å². The van der Waals surface area contributed by atoms with Gasteiger partial charge in [0.15, 0.2) is 11.5 Å². The number of nitrogens with zero attached hydrogens (tertiary/aromatic N) is 3. The van der Waals surface area contributed by atoms with Crippen molar-refractivity contribution in [3.8, 4) is 0 Å². The van der Waals surface area contributed by atoms with Crippen molar-refractivity contribution < 1.29 is 0 Å². The molecule has 0 amide bonds. The van der Waals surface area contributed by atoms with Crippen LogP contribution in [0.5, 0.6) is 0 Å². The number of benzene rings is 1. The molecule has 2 heterocycles. The summed E-state index contributed by atoms with van der Waals surface area (Å²) in [6.07, 6.45) is 3.09. The fourth-order valence-electron chi connectivity index (χ4n) is 2.53. The number of nitrogens with one attached hydrogen (secondary N) is 1. The predicted octanol–water partition coefficient (Wildman–Crippen LogP) is 2.70. The molecule has 3 aromatic rings. The van der Waals surface area contributed by atoms with Crippen LogP contribution >= 0.6 is 0 Å². The lowest BCUT2D eigenvalue weighted by molar-refractivity contribution is 0.503. The standard InChI is InChI=1S/C17H20N4/c1-14(11-15-7-3-2-4-8-15)12-18-13-17-20-19-16-9-5-6-10-21(16)17/h2-10,14,18H,11-13H2,1H3. The van der Waals surface area contributed by atoms with Crippen LogP contribution in [0.25, 0.3) is 5.65 Å². The zero-order valence-electron chi connectivity index (χ0n) is 12.2. The molecule has 0 radical (unpaired) electrons. The highest BCUT2D eigenvalue weighted by Gasteiger charge is 2.06. The summed E-state index contributed by atoms with van der Waals surface area (Å²) in [4.78, 5) is 0. The monoisotopic (exact) mass is 280 g/mol. The maximum atomic E-state index is 4.23. The van der Waals surface area contributed by atoms with Crippen LogP contribution < -0.4 is 5.32 Å². The first-order valence-electron chi connectivity index (χ1n) is 7.36. The summed E-state index contributed by atoms with van der Waals surface area (Å²) < 4.78 is 2.02. The second-order valence-corrected chi connectivity index (χ2v) is 5.47. The molecule has 0 bridgehead atoms.